The van der Waals surface area contributed by atoms with Crippen LogP contribution in [0.5, 0.6) is 0 Å². The van der Waals surface area contributed by atoms with E-state index in [1.54, 1.807) is 42.5 Å². The molecule has 2 amide bonds. The van der Waals surface area contributed by atoms with Crippen LogP contribution < -0.4 is 0 Å². The molecule has 2 heterocycles. The normalized spacial score (nSPS) is 17.5. The van der Waals surface area contributed by atoms with Crippen molar-refractivity contribution in [2.45, 2.75) is 12.5 Å². The fraction of sp³-hybridized carbons (Fsp3) is 0.300. The molecule has 0 saturated carbocycles. The molecule has 2 aliphatic rings. The summed E-state index contributed by atoms with van der Waals surface area (Å²) in [5.41, 5.74) is 2.43. The summed E-state index contributed by atoms with van der Waals surface area (Å²) < 4.78 is 19.0. The number of benzene rings is 3. The van der Waals surface area contributed by atoms with Gasteiger partial charge in [0.05, 0.1) is 35.6 Å². The predicted molar refractivity (Wildman–Crippen MR) is 153 cm³/mol. The standard InChI is InChI=1S/C30H29Cl2FN4O3/c31-25-7-3-1-5-23(25)28-19-27(21-9-11-22(33)12-10-21)34-37(28)29(38)20-36(14-13-35-15-17-40-18-16-35)30(39)24-6-2-4-8-26(24)32/h1-12,28H,13-20H2. The van der Waals surface area contributed by atoms with Crippen LogP contribution in [0.2, 0.25) is 10.0 Å². The Hall–Kier alpha value is -3.30. The molecule has 1 fully saturated rings. The maximum absolute atomic E-state index is 13.9. The van der Waals surface area contributed by atoms with E-state index in [-0.39, 0.29) is 24.2 Å². The number of hydrazone groups is 1. The van der Waals surface area contributed by atoms with Gasteiger partial charge in [-0.1, -0.05) is 65.7 Å². The van der Waals surface area contributed by atoms with Gasteiger partial charge in [0.2, 0.25) is 0 Å². The number of carbonyl (C=O) groups is 2. The zero-order chi connectivity index (χ0) is 28.1. The number of carbonyl (C=O) groups excluding carboxylic acids is 2. The molecule has 0 aromatic heterocycles. The molecule has 0 aliphatic carbocycles. The molecule has 5 rings (SSSR count). The summed E-state index contributed by atoms with van der Waals surface area (Å²) in [5.74, 6) is -1.04. The first-order valence-electron chi connectivity index (χ1n) is 13.1. The van der Waals surface area contributed by atoms with Crippen LogP contribution in [0, 0.1) is 5.82 Å². The zero-order valence-corrected chi connectivity index (χ0v) is 23.3. The Bertz CT molecular complexity index is 1400. The Morgan fingerprint density at radius 2 is 1.62 bits per heavy atom. The van der Waals surface area contributed by atoms with Crippen LogP contribution >= 0.6 is 23.2 Å². The van der Waals surface area contributed by atoms with Gasteiger partial charge in [-0.15, -0.1) is 0 Å². The Labute approximate surface area is 242 Å². The lowest BCUT2D eigenvalue weighted by atomic mass is 9.98. The average Bonchev–Trinajstić information content (AvgIpc) is 3.42. The van der Waals surface area contributed by atoms with E-state index in [9.17, 15) is 14.0 Å². The second-order valence-electron chi connectivity index (χ2n) is 9.69. The Kier molecular flexibility index (Phi) is 9.11. The Balaban J connectivity index is 1.43. The van der Waals surface area contributed by atoms with Gasteiger partial charge in [0.25, 0.3) is 11.8 Å². The fourth-order valence-electron chi connectivity index (χ4n) is 4.92. The monoisotopic (exact) mass is 582 g/mol. The van der Waals surface area contributed by atoms with Crippen LogP contribution in [0.15, 0.2) is 77.9 Å². The number of hydrogen-bond acceptors (Lipinski definition) is 5. The second-order valence-corrected chi connectivity index (χ2v) is 10.5. The third-order valence-corrected chi connectivity index (χ3v) is 7.79. The summed E-state index contributed by atoms with van der Waals surface area (Å²) in [6.45, 7) is 3.49. The van der Waals surface area contributed by atoms with Crippen LogP contribution in [0.3, 0.4) is 0 Å². The Morgan fingerprint density at radius 3 is 2.33 bits per heavy atom. The van der Waals surface area contributed by atoms with E-state index >= 15 is 0 Å². The van der Waals surface area contributed by atoms with Crippen LogP contribution in [0.4, 0.5) is 4.39 Å². The van der Waals surface area contributed by atoms with Gasteiger partial charge in [0.15, 0.2) is 0 Å². The van der Waals surface area contributed by atoms with E-state index in [2.05, 4.69) is 10.0 Å². The molecule has 0 radical (unpaired) electrons. The molecule has 1 atom stereocenters. The van der Waals surface area contributed by atoms with Crippen molar-refractivity contribution in [3.05, 3.63) is 105 Å². The number of halogens is 3. The van der Waals surface area contributed by atoms with Crippen molar-refractivity contribution in [1.29, 1.82) is 0 Å². The van der Waals surface area contributed by atoms with Gasteiger partial charge < -0.3 is 9.64 Å². The van der Waals surface area contributed by atoms with Crippen LogP contribution in [-0.2, 0) is 9.53 Å². The number of nitrogens with zero attached hydrogens (tertiary/aromatic N) is 4. The van der Waals surface area contributed by atoms with E-state index < -0.39 is 6.04 Å². The van der Waals surface area contributed by atoms with E-state index in [1.807, 2.05) is 18.2 Å². The lowest BCUT2D eigenvalue weighted by Crippen LogP contribution is -2.46. The summed E-state index contributed by atoms with van der Waals surface area (Å²) in [5, 5.41) is 6.91. The first kappa shape index (κ1) is 28.2. The highest BCUT2D eigenvalue weighted by Gasteiger charge is 2.35. The Morgan fingerprint density at radius 1 is 0.950 bits per heavy atom. The van der Waals surface area contributed by atoms with Crippen molar-refractivity contribution < 1.29 is 18.7 Å². The minimum atomic E-state index is -0.474. The minimum Gasteiger partial charge on any atom is -0.379 e. The van der Waals surface area contributed by atoms with Gasteiger partial charge in [-0.3, -0.25) is 14.5 Å². The molecule has 40 heavy (non-hydrogen) atoms. The van der Waals surface area contributed by atoms with Crippen LogP contribution in [0.25, 0.3) is 0 Å². The van der Waals surface area contributed by atoms with Gasteiger partial charge in [-0.25, -0.2) is 9.40 Å². The largest absolute Gasteiger partial charge is 0.379 e. The number of morpholine rings is 1. The van der Waals surface area contributed by atoms with E-state index in [0.717, 1.165) is 18.7 Å². The summed E-state index contributed by atoms with van der Waals surface area (Å²) in [6, 6.07) is 19.7. The maximum Gasteiger partial charge on any atom is 0.262 e. The molecular weight excluding hydrogens is 554 g/mol. The lowest BCUT2D eigenvalue weighted by molar-refractivity contribution is -0.133. The average molecular weight is 583 g/mol. The molecule has 0 spiro atoms. The van der Waals surface area contributed by atoms with Gasteiger partial charge in [0, 0.05) is 37.6 Å². The number of hydrogen-bond donors (Lipinski definition) is 0. The number of ether oxygens (including phenoxy) is 1. The van der Waals surface area contributed by atoms with Gasteiger partial charge in [-0.05, 0) is 41.5 Å². The molecule has 3 aromatic rings. The summed E-state index contributed by atoms with van der Waals surface area (Å²) in [7, 11) is 0. The quantitative estimate of drug-likeness (QED) is 0.362. The van der Waals surface area contributed by atoms with E-state index in [0.29, 0.717) is 59.6 Å². The van der Waals surface area contributed by atoms with E-state index in [1.165, 1.54) is 22.0 Å². The van der Waals surface area contributed by atoms with Crippen molar-refractivity contribution in [3.63, 3.8) is 0 Å². The number of amides is 2. The van der Waals surface area contributed by atoms with Crippen molar-refractivity contribution in [1.82, 2.24) is 14.8 Å². The third-order valence-electron chi connectivity index (χ3n) is 7.12. The van der Waals surface area contributed by atoms with Crippen molar-refractivity contribution in [2.75, 3.05) is 45.9 Å². The highest BCUT2D eigenvalue weighted by molar-refractivity contribution is 6.33. The second kappa shape index (κ2) is 12.9. The third kappa shape index (κ3) is 6.53. The molecular formula is C30H29Cl2FN4O3. The van der Waals surface area contributed by atoms with Crippen LogP contribution in [-0.4, -0.2) is 78.3 Å². The van der Waals surface area contributed by atoms with Crippen LogP contribution in [0.1, 0.15) is 33.9 Å². The van der Waals surface area contributed by atoms with Gasteiger partial charge in [0.1, 0.15) is 12.4 Å². The molecule has 7 nitrogen and oxygen atoms in total. The van der Waals surface area contributed by atoms with Crippen molar-refractivity contribution in [2.24, 2.45) is 5.10 Å². The summed E-state index contributed by atoms with van der Waals surface area (Å²) >= 11 is 12.9. The highest BCUT2D eigenvalue weighted by Crippen LogP contribution is 2.36. The SMILES string of the molecule is O=C(c1ccccc1Cl)N(CCN1CCOCC1)CC(=O)N1N=C(c2ccc(F)cc2)CC1c1ccccc1Cl. The summed E-state index contributed by atoms with van der Waals surface area (Å²) in [4.78, 5) is 31.3. The molecule has 1 unspecified atom stereocenters. The first-order chi connectivity index (χ1) is 19.4. The van der Waals surface area contributed by atoms with Gasteiger partial charge in [-0.2, -0.15) is 5.10 Å². The molecule has 208 valence electrons. The molecule has 1 saturated heterocycles. The zero-order valence-electron chi connectivity index (χ0n) is 21.8. The predicted octanol–water partition coefficient (Wildman–Crippen LogP) is 5.28. The smallest absolute Gasteiger partial charge is 0.262 e. The van der Waals surface area contributed by atoms with Crippen molar-refractivity contribution >= 4 is 40.7 Å². The van der Waals surface area contributed by atoms with Gasteiger partial charge >= 0.3 is 0 Å². The molecule has 0 N–H and O–H groups in total. The molecule has 3 aromatic carbocycles. The molecule has 0 bridgehead atoms. The minimum absolute atomic E-state index is 0.199. The van der Waals surface area contributed by atoms with E-state index in [4.69, 9.17) is 27.9 Å². The summed E-state index contributed by atoms with van der Waals surface area (Å²) in [6.07, 6.45) is 0.396. The topological polar surface area (TPSA) is 65.5 Å². The lowest BCUT2D eigenvalue weighted by Gasteiger charge is -2.31. The van der Waals surface area contributed by atoms with Crippen molar-refractivity contribution in [3.8, 4) is 0 Å². The molecule has 2 aliphatic heterocycles. The molecule has 10 heteroatoms. The maximum atomic E-state index is 13.9. The fourth-order valence-corrected chi connectivity index (χ4v) is 5.40. The highest BCUT2D eigenvalue weighted by atomic mass is 35.5. The first-order valence-corrected chi connectivity index (χ1v) is 13.9. The number of rotatable bonds is 8.